The van der Waals surface area contributed by atoms with E-state index in [9.17, 15) is 4.79 Å². The van der Waals surface area contributed by atoms with Crippen molar-refractivity contribution in [1.29, 1.82) is 0 Å². The van der Waals surface area contributed by atoms with Gasteiger partial charge in [-0.25, -0.2) is 0 Å². The Bertz CT molecular complexity index is 416. The summed E-state index contributed by atoms with van der Waals surface area (Å²) in [5.74, 6) is 0.149. The number of likely N-dealkylation sites (tertiary alicyclic amines) is 1. The van der Waals surface area contributed by atoms with Crippen molar-refractivity contribution in [3.63, 3.8) is 0 Å². The fourth-order valence-electron chi connectivity index (χ4n) is 2.59. The molecule has 0 aromatic heterocycles. The van der Waals surface area contributed by atoms with Gasteiger partial charge in [0.15, 0.2) is 0 Å². The fourth-order valence-corrected chi connectivity index (χ4v) is 2.59. The summed E-state index contributed by atoms with van der Waals surface area (Å²) < 4.78 is 5.08. The topological polar surface area (TPSA) is 55.6 Å². The van der Waals surface area contributed by atoms with Crippen molar-refractivity contribution < 1.29 is 9.53 Å². The standard InChI is InChI=1S/C14H20N2O2/c1-3-16-13(17)8-12(15)14(16)11-6-4-10(5-7-11)9-18-2/h4-7,12,14H,3,8-9,15H2,1-2H3. The van der Waals surface area contributed by atoms with E-state index >= 15 is 0 Å². The Morgan fingerprint density at radius 3 is 2.61 bits per heavy atom. The van der Waals surface area contributed by atoms with Crippen LogP contribution in [0.5, 0.6) is 0 Å². The first-order valence-electron chi connectivity index (χ1n) is 6.30. The fraction of sp³-hybridized carbons (Fsp3) is 0.500. The Hall–Kier alpha value is -1.39. The molecule has 1 aromatic carbocycles. The van der Waals surface area contributed by atoms with Crippen LogP contribution in [0.4, 0.5) is 0 Å². The van der Waals surface area contributed by atoms with Crippen LogP contribution in [-0.2, 0) is 16.1 Å². The predicted octanol–water partition coefficient (Wildman–Crippen LogP) is 1.45. The van der Waals surface area contributed by atoms with Crippen LogP contribution in [0.2, 0.25) is 0 Å². The Morgan fingerprint density at radius 2 is 2.06 bits per heavy atom. The molecule has 1 aromatic rings. The first-order chi connectivity index (χ1) is 8.67. The molecule has 0 bridgehead atoms. The minimum atomic E-state index is -0.106. The van der Waals surface area contributed by atoms with Crippen LogP contribution in [0, 0.1) is 0 Å². The second-order valence-electron chi connectivity index (χ2n) is 4.67. The van der Waals surface area contributed by atoms with Crippen LogP contribution < -0.4 is 5.73 Å². The van der Waals surface area contributed by atoms with Gasteiger partial charge in [-0.2, -0.15) is 0 Å². The summed E-state index contributed by atoms with van der Waals surface area (Å²) in [4.78, 5) is 13.7. The van der Waals surface area contributed by atoms with Crippen LogP contribution in [0.15, 0.2) is 24.3 Å². The summed E-state index contributed by atoms with van der Waals surface area (Å²) >= 11 is 0. The SMILES string of the molecule is CCN1C(=O)CC(N)C1c1ccc(COC)cc1. The normalized spacial score (nSPS) is 23.7. The van der Waals surface area contributed by atoms with Gasteiger partial charge in [0.25, 0.3) is 0 Å². The van der Waals surface area contributed by atoms with Gasteiger partial charge in [-0.1, -0.05) is 24.3 Å². The molecule has 1 aliphatic rings. The molecule has 0 aliphatic carbocycles. The first-order valence-corrected chi connectivity index (χ1v) is 6.30. The molecule has 4 nitrogen and oxygen atoms in total. The van der Waals surface area contributed by atoms with Gasteiger partial charge in [0, 0.05) is 26.1 Å². The number of carbonyl (C=O) groups is 1. The van der Waals surface area contributed by atoms with Crippen molar-refractivity contribution in [1.82, 2.24) is 4.90 Å². The number of nitrogens with zero attached hydrogens (tertiary/aromatic N) is 1. The Morgan fingerprint density at radius 1 is 1.39 bits per heavy atom. The van der Waals surface area contributed by atoms with E-state index in [1.54, 1.807) is 7.11 Å². The summed E-state index contributed by atoms with van der Waals surface area (Å²) in [6, 6.07) is 8.05. The lowest BCUT2D eigenvalue weighted by Gasteiger charge is -2.26. The minimum Gasteiger partial charge on any atom is -0.380 e. The highest BCUT2D eigenvalue weighted by Crippen LogP contribution is 2.31. The van der Waals surface area contributed by atoms with Gasteiger partial charge in [0.05, 0.1) is 12.6 Å². The van der Waals surface area contributed by atoms with Crippen molar-refractivity contribution in [2.75, 3.05) is 13.7 Å². The molecule has 1 heterocycles. The van der Waals surface area contributed by atoms with Gasteiger partial charge in [-0.05, 0) is 18.1 Å². The van der Waals surface area contributed by atoms with Gasteiger partial charge >= 0.3 is 0 Å². The second-order valence-corrected chi connectivity index (χ2v) is 4.67. The van der Waals surface area contributed by atoms with Gasteiger partial charge in [0.2, 0.25) is 5.91 Å². The highest BCUT2D eigenvalue weighted by Gasteiger charge is 2.37. The third-order valence-corrected chi connectivity index (χ3v) is 3.44. The monoisotopic (exact) mass is 248 g/mol. The van der Waals surface area contributed by atoms with Gasteiger partial charge < -0.3 is 15.4 Å². The van der Waals surface area contributed by atoms with Crippen LogP contribution in [-0.4, -0.2) is 30.5 Å². The number of hydrogen-bond donors (Lipinski definition) is 1. The zero-order chi connectivity index (χ0) is 13.1. The summed E-state index contributed by atoms with van der Waals surface area (Å²) in [5.41, 5.74) is 8.31. The number of methoxy groups -OCH3 is 1. The zero-order valence-electron chi connectivity index (χ0n) is 10.9. The lowest BCUT2D eigenvalue weighted by molar-refractivity contribution is -0.128. The molecular formula is C14H20N2O2. The largest absolute Gasteiger partial charge is 0.380 e. The van der Waals surface area contributed by atoms with E-state index in [1.165, 1.54) is 0 Å². The maximum atomic E-state index is 11.8. The van der Waals surface area contributed by atoms with E-state index in [1.807, 2.05) is 36.1 Å². The van der Waals surface area contributed by atoms with Gasteiger partial charge in [0.1, 0.15) is 0 Å². The smallest absolute Gasteiger partial charge is 0.224 e. The maximum absolute atomic E-state index is 11.8. The van der Waals surface area contributed by atoms with Crippen LogP contribution in [0.25, 0.3) is 0 Å². The number of benzene rings is 1. The molecular weight excluding hydrogens is 228 g/mol. The second kappa shape index (κ2) is 5.50. The highest BCUT2D eigenvalue weighted by molar-refractivity contribution is 5.80. The molecule has 18 heavy (non-hydrogen) atoms. The van der Waals surface area contributed by atoms with E-state index in [4.69, 9.17) is 10.5 Å². The van der Waals surface area contributed by atoms with Crippen molar-refractivity contribution in [3.05, 3.63) is 35.4 Å². The van der Waals surface area contributed by atoms with E-state index in [-0.39, 0.29) is 18.0 Å². The zero-order valence-corrected chi connectivity index (χ0v) is 10.9. The highest BCUT2D eigenvalue weighted by atomic mass is 16.5. The minimum absolute atomic E-state index is 0.0131. The predicted molar refractivity (Wildman–Crippen MR) is 69.9 cm³/mol. The molecule has 1 saturated heterocycles. The number of rotatable bonds is 4. The molecule has 0 spiro atoms. The summed E-state index contributed by atoms with van der Waals surface area (Å²) in [6.45, 7) is 3.30. The number of nitrogens with two attached hydrogens (primary N) is 1. The Labute approximate surface area is 108 Å². The van der Waals surface area contributed by atoms with E-state index in [0.717, 1.165) is 11.1 Å². The number of hydrogen-bond acceptors (Lipinski definition) is 3. The molecule has 1 amide bonds. The van der Waals surface area contributed by atoms with Crippen molar-refractivity contribution >= 4 is 5.91 Å². The third kappa shape index (κ3) is 2.40. The Kier molecular flexibility index (Phi) is 3.99. The number of ether oxygens (including phenoxy) is 1. The number of amides is 1. The molecule has 4 heteroatoms. The maximum Gasteiger partial charge on any atom is 0.224 e. The molecule has 1 aliphatic heterocycles. The van der Waals surface area contributed by atoms with Gasteiger partial charge in [-0.15, -0.1) is 0 Å². The van der Waals surface area contributed by atoms with E-state index in [2.05, 4.69) is 0 Å². The average molecular weight is 248 g/mol. The molecule has 2 unspecified atom stereocenters. The molecule has 98 valence electrons. The molecule has 2 rings (SSSR count). The van der Waals surface area contributed by atoms with E-state index < -0.39 is 0 Å². The summed E-state index contributed by atoms with van der Waals surface area (Å²) in [6.07, 6.45) is 0.443. The molecule has 2 N–H and O–H groups in total. The average Bonchev–Trinajstić information content (AvgIpc) is 2.65. The first kappa shape index (κ1) is 13.1. The van der Waals surface area contributed by atoms with E-state index in [0.29, 0.717) is 19.6 Å². The van der Waals surface area contributed by atoms with Crippen LogP contribution in [0.1, 0.15) is 30.5 Å². The molecule has 1 fully saturated rings. The Balaban J connectivity index is 2.21. The lowest BCUT2D eigenvalue weighted by Crippen LogP contribution is -2.32. The van der Waals surface area contributed by atoms with Gasteiger partial charge in [-0.3, -0.25) is 4.79 Å². The van der Waals surface area contributed by atoms with Crippen molar-refractivity contribution in [2.45, 2.75) is 32.0 Å². The molecule has 0 saturated carbocycles. The molecule has 0 radical (unpaired) electrons. The quantitative estimate of drug-likeness (QED) is 0.877. The summed E-state index contributed by atoms with van der Waals surface area (Å²) in [7, 11) is 1.68. The van der Waals surface area contributed by atoms with Crippen molar-refractivity contribution in [3.8, 4) is 0 Å². The molecule has 2 atom stereocenters. The number of carbonyl (C=O) groups excluding carboxylic acids is 1. The van der Waals surface area contributed by atoms with Crippen molar-refractivity contribution in [2.24, 2.45) is 5.73 Å². The third-order valence-electron chi connectivity index (χ3n) is 3.44. The lowest BCUT2D eigenvalue weighted by atomic mass is 9.99. The summed E-state index contributed by atoms with van der Waals surface area (Å²) in [5, 5.41) is 0. The van der Waals surface area contributed by atoms with Crippen LogP contribution in [0.3, 0.4) is 0 Å². The van der Waals surface area contributed by atoms with Crippen LogP contribution >= 0.6 is 0 Å². The number of likely N-dealkylation sites (N-methyl/N-ethyl adjacent to an activating group) is 1.